The number of halogens is 3. The smallest absolute Gasteiger partial charge is 0.149 e. The van der Waals surface area contributed by atoms with Gasteiger partial charge in [0.1, 0.15) is 17.5 Å². The molecule has 0 fully saturated rings. The summed E-state index contributed by atoms with van der Waals surface area (Å²) < 4.78 is 27.3. The van der Waals surface area contributed by atoms with Crippen LogP contribution in [0.2, 0.25) is 0 Å². The molecular formula is C10H6BrF2N3. The lowest BCUT2D eigenvalue weighted by molar-refractivity contribution is 0.584. The average Bonchev–Trinajstić information content (AvgIpc) is 2.27. The van der Waals surface area contributed by atoms with Crippen molar-refractivity contribution in [2.24, 2.45) is 0 Å². The summed E-state index contributed by atoms with van der Waals surface area (Å²) in [6.07, 6.45) is 2.47. The Labute approximate surface area is 98.5 Å². The van der Waals surface area contributed by atoms with Crippen LogP contribution in [0, 0.1) is 11.6 Å². The number of benzene rings is 1. The first-order valence-electron chi connectivity index (χ1n) is 4.31. The van der Waals surface area contributed by atoms with Crippen molar-refractivity contribution in [2.75, 3.05) is 5.73 Å². The molecule has 0 aliphatic carbocycles. The fraction of sp³-hybridized carbons (Fsp3) is 0. The largest absolute Gasteiger partial charge is 0.382 e. The van der Waals surface area contributed by atoms with Gasteiger partial charge in [0.15, 0.2) is 0 Å². The molecule has 2 rings (SSSR count). The van der Waals surface area contributed by atoms with E-state index in [1.54, 1.807) is 0 Å². The Kier molecular flexibility index (Phi) is 2.82. The maximum Gasteiger partial charge on any atom is 0.149 e. The normalized spacial score (nSPS) is 10.4. The zero-order valence-corrected chi connectivity index (χ0v) is 9.50. The van der Waals surface area contributed by atoms with E-state index in [1.165, 1.54) is 18.5 Å². The zero-order chi connectivity index (χ0) is 11.7. The van der Waals surface area contributed by atoms with Crippen LogP contribution in [0.4, 0.5) is 14.6 Å². The molecule has 0 bridgehead atoms. The number of nitrogens with zero attached hydrogens (tertiary/aromatic N) is 2. The number of rotatable bonds is 1. The van der Waals surface area contributed by atoms with Gasteiger partial charge in [-0.15, -0.1) is 0 Å². The highest BCUT2D eigenvalue weighted by atomic mass is 79.9. The molecule has 2 aromatic rings. The first-order chi connectivity index (χ1) is 7.59. The fourth-order valence-electron chi connectivity index (χ4n) is 1.23. The van der Waals surface area contributed by atoms with Gasteiger partial charge in [0.05, 0.1) is 28.1 Å². The van der Waals surface area contributed by atoms with Crippen LogP contribution in [0.15, 0.2) is 29.0 Å². The van der Waals surface area contributed by atoms with Crippen LogP contribution in [0.3, 0.4) is 0 Å². The molecule has 0 atom stereocenters. The summed E-state index contributed by atoms with van der Waals surface area (Å²) in [5, 5.41) is 0. The molecule has 0 aliphatic rings. The lowest BCUT2D eigenvalue weighted by Gasteiger charge is -2.05. The molecule has 0 radical (unpaired) electrons. The highest BCUT2D eigenvalue weighted by Gasteiger charge is 2.15. The second-order valence-electron chi connectivity index (χ2n) is 3.04. The van der Waals surface area contributed by atoms with E-state index < -0.39 is 11.6 Å². The molecule has 0 spiro atoms. The SMILES string of the molecule is Nc1cnc(-c2c(F)ccc(Br)c2F)cn1. The molecular weight excluding hydrogens is 280 g/mol. The van der Waals surface area contributed by atoms with Gasteiger partial charge in [0.2, 0.25) is 0 Å². The number of nitrogen functional groups attached to an aromatic ring is 1. The summed E-state index contributed by atoms with van der Waals surface area (Å²) in [4.78, 5) is 7.56. The molecule has 82 valence electrons. The van der Waals surface area contributed by atoms with E-state index in [0.29, 0.717) is 0 Å². The van der Waals surface area contributed by atoms with E-state index in [2.05, 4.69) is 25.9 Å². The number of hydrogen-bond donors (Lipinski definition) is 1. The molecule has 0 saturated heterocycles. The van der Waals surface area contributed by atoms with Crippen molar-refractivity contribution in [1.82, 2.24) is 9.97 Å². The van der Waals surface area contributed by atoms with E-state index >= 15 is 0 Å². The van der Waals surface area contributed by atoms with Crippen LogP contribution in [0.25, 0.3) is 11.3 Å². The predicted octanol–water partition coefficient (Wildman–Crippen LogP) is 2.77. The Morgan fingerprint density at radius 1 is 1.12 bits per heavy atom. The van der Waals surface area contributed by atoms with Crippen LogP contribution < -0.4 is 5.73 Å². The molecule has 2 N–H and O–H groups in total. The third-order valence-electron chi connectivity index (χ3n) is 1.97. The highest BCUT2D eigenvalue weighted by molar-refractivity contribution is 9.10. The summed E-state index contributed by atoms with van der Waals surface area (Å²) >= 11 is 2.98. The van der Waals surface area contributed by atoms with Crippen molar-refractivity contribution in [3.63, 3.8) is 0 Å². The van der Waals surface area contributed by atoms with E-state index in [-0.39, 0.29) is 21.5 Å². The molecule has 3 nitrogen and oxygen atoms in total. The van der Waals surface area contributed by atoms with Crippen molar-refractivity contribution in [3.05, 3.63) is 40.6 Å². The predicted molar refractivity (Wildman–Crippen MR) is 59.5 cm³/mol. The molecule has 0 unspecified atom stereocenters. The van der Waals surface area contributed by atoms with E-state index in [4.69, 9.17) is 5.73 Å². The Balaban J connectivity index is 2.63. The maximum atomic E-state index is 13.7. The van der Waals surface area contributed by atoms with E-state index in [0.717, 1.165) is 6.07 Å². The van der Waals surface area contributed by atoms with Gasteiger partial charge >= 0.3 is 0 Å². The highest BCUT2D eigenvalue weighted by Crippen LogP contribution is 2.28. The molecule has 0 aliphatic heterocycles. The van der Waals surface area contributed by atoms with Gasteiger partial charge in [-0.2, -0.15) is 0 Å². The Bertz CT molecular complexity index is 528. The van der Waals surface area contributed by atoms with E-state index in [9.17, 15) is 8.78 Å². The first kappa shape index (κ1) is 10.9. The summed E-state index contributed by atoms with van der Waals surface area (Å²) in [6, 6.07) is 2.44. The second-order valence-corrected chi connectivity index (χ2v) is 3.90. The van der Waals surface area contributed by atoms with Gasteiger partial charge in [-0.05, 0) is 28.1 Å². The van der Waals surface area contributed by atoms with Crippen molar-refractivity contribution < 1.29 is 8.78 Å². The van der Waals surface area contributed by atoms with Gasteiger partial charge < -0.3 is 5.73 Å². The first-order valence-corrected chi connectivity index (χ1v) is 5.10. The van der Waals surface area contributed by atoms with Gasteiger partial charge in [0, 0.05) is 0 Å². The van der Waals surface area contributed by atoms with Gasteiger partial charge in [-0.1, -0.05) is 0 Å². The van der Waals surface area contributed by atoms with Crippen LogP contribution in [-0.2, 0) is 0 Å². The number of hydrogen-bond acceptors (Lipinski definition) is 3. The quantitative estimate of drug-likeness (QED) is 0.820. The third kappa shape index (κ3) is 1.88. The lowest BCUT2D eigenvalue weighted by Crippen LogP contribution is -1.97. The maximum absolute atomic E-state index is 13.7. The number of nitrogens with two attached hydrogens (primary N) is 1. The second kappa shape index (κ2) is 4.13. The number of aromatic nitrogens is 2. The summed E-state index contributed by atoms with van der Waals surface area (Å²) in [5.41, 5.74) is 5.22. The average molecular weight is 286 g/mol. The van der Waals surface area contributed by atoms with Crippen molar-refractivity contribution in [3.8, 4) is 11.3 Å². The van der Waals surface area contributed by atoms with Crippen LogP contribution in [-0.4, -0.2) is 9.97 Å². The van der Waals surface area contributed by atoms with E-state index in [1.807, 2.05) is 0 Å². The van der Waals surface area contributed by atoms with Crippen LogP contribution in [0.5, 0.6) is 0 Å². The molecule has 0 saturated carbocycles. The minimum Gasteiger partial charge on any atom is -0.382 e. The monoisotopic (exact) mass is 285 g/mol. The molecule has 1 aromatic carbocycles. The van der Waals surface area contributed by atoms with Crippen molar-refractivity contribution in [1.29, 1.82) is 0 Å². The molecule has 0 amide bonds. The third-order valence-corrected chi connectivity index (χ3v) is 2.58. The van der Waals surface area contributed by atoms with Gasteiger partial charge in [0.25, 0.3) is 0 Å². The molecule has 1 aromatic heterocycles. The minimum absolute atomic E-state index is 0.102. The molecule has 6 heteroatoms. The van der Waals surface area contributed by atoms with Gasteiger partial charge in [-0.3, -0.25) is 4.98 Å². The summed E-state index contributed by atoms with van der Waals surface area (Å²) in [6.45, 7) is 0. The lowest BCUT2D eigenvalue weighted by atomic mass is 10.1. The van der Waals surface area contributed by atoms with Gasteiger partial charge in [-0.25, -0.2) is 13.8 Å². The Morgan fingerprint density at radius 3 is 2.50 bits per heavy atom. The standard InChI is InChI=1S/C10H6BrF2N3/c11-5-1-2-6(12)9(10(5)13)7-3-16-8(14)4-15-7/h1-4H,(H2,14,16). The zero-order valence-electron chi connectivity index (χ0n) is 7.92. The summed E-state index contributed by atoms with van der Waals surface area (Å²) in [5.74, 6) is -1.21. The van der Waals surface area contributed by atoms with Crippen LogP contribution >= 0.6 is 15.9 Å². The fourth-order valence-corrected chi connectivity index (χ4v) is 1.56. The number of anilines is 1. The molecule has 1 heterocycles. The molecule has 16 heavy (non-hydrogen) atoms. The topological polar surface area (TPSA) is 51.8 Å². The minimum atomic E-state index is -0.709. The van der Waals surface area contributed by atoms with Crippen molar-refractivity contribution in [2.45, 2.75) is 0 Å². The Hall–Kier alpha value is -1.56. The Morgan fingerprint density at radius 2 is 1.88 bits per heavy atom. The summed E-state index contributed by atoms with van der Waals surface area (Å²) in [7, 11) is 0. The van der Waals surface area contributed by atoms with Crippen LogP contribution in [0.1, 0.15) is 0 Å². The van der Waals surface area contributed by atoms with Crippen molar-refractivity contribution >= 4 is 21.7 Å².